The van der Waals surface area contributed by atoms with Crippen LogP contribution in [0.4, 0.5) is 0 Å². The minimum Gasteiger partial charge on any atom is -0.481 e. The number of rotatable bonds is 8. The summed E-state index contributed by atoms with van der Waals surface area (Å²) in [7, 11) is 3.00. The van der Waals surface area contributed by atoms with Gasteiger partial charge in [0, 0.05) is 20.3 Å². The molecule has 0 saturated heterocycles. The van der Waals surface area contributed by atoms with Gasteiger partial charge in [0.05, 0.1) is 10.9 Å². The fourth-order valence-corrected chi connectivity index (χ4v) is 1.84. The van der Waals surface area contributed by atoms with Crippen molar-refractivity contribution in [2.24, 2.45) is 0 Å². The van der Waals surface area contributed by atoms with Crippen LogP contribution in [-0.2, 0) is 20.7 Å². The molecule has 6 nitrogen and oxygen atoms in total. The Labute approximate surface area is 119 Å². The number of aliphatic carboxylic acids is 1. The Balaban J connectivity index is 3.02. The van der Waals surface area contributed by atoms with E-state index in [2.05, 4.69) is 15.9 Å². The second-order valence-corrected chi connectivity index (χ2v) is 4.36. The largest absolute Gasteiger partial charge is 0.481 e. The zero-order chi connectivity index (χ0) is 14.3. The number of halogens is 1. The van der Waals surface area contributed by atoms with Gasteiger partial charge < -0.3 is 24.1 Å². The van der Waals surface area contributed by atoms with Crippen LogP contribution in [-0.4, -0.2) is 38.9 Å². The number of ether oxygens (including phenoxy) is 4. The highest BCUT2D eigenvalue weighted by molar-refractivity contribution is 9.10. The Morgan fingerprint density at radius 1 is 1.21 bits per heavy atom. The van der Waals surface area contributed by atoms with Crippen LogP contribution in [0.3, 0.4) is 0 Å². The van der Waals surface area contributed by atoms with Crippen molar-refractivity contribution in [2.45, 2.75) is 6.42 Å². The van der Waals surface area contributed by atoms with Crippen LogP contribution in [0, 0.1) is 0 Å². The Morgan fingerprint density at radius 2 is 1.84 bits per heavy atom. The minimum atomic E-state index is -0.942. The maximum atomic E-state index is 10.8. The highest BCUT2D eigenvalue weighted by atomic mass is 79.9. The molecule has 0 aliphatic carbocycles. The summed E-state index contributed by atoms with van der Waals surface area (Å²) in [4.78, 5) is 10.8. The Hall–Kier alpha value is -1.31. The molecule has 106 valence electrons. The summed E-state index contributed by atoms with van der Waals surface area (Å²) in [5, 5.41) is 8.87. The van der Waals surface area contributed by atoms with Gasteiger partial charge in [0.2, 0.25) is 0 Å². The first kappa shape index (κ1) is 15.7. The predicted octanol–water partition coefficient (Wildman–Crippen LogP) is 2.04. The lowest BCUT2D eigenvalue weighted by Crippen LogP contribution is -2.06. The van der Waals surface area contributed by atoms with Crippen molar-refractivity contribution < 1.29 is 28.8 Å². The molecule has 0 aliphatic rings. The summed E-state index contributed by atoms with van der Waals surface area (Å²) >= 11 is 3.31. The summed E-state index contributed by atoms with van der Waals surface area (Å²) < 4.78 is 20.8. The molecule has 0 heterocycles. The lowest BCUT2D eigenvalue weighted by atomic mass is 10.1. The first-order valence-electron chi connectivity index (χ1n) is 5.36. The highest BCUT2D eigenvalue weighted by Crippen LogP contribution is 2.34. The van der Waals surface area contributed by atoms with Gasteiger partial charge in [0.15, 0.2) is 13.6 Å². The van der Waals surface area contributed by atoms with Crippen LogP contribution in [0.1, 0.15) is 5.56 Å². The first-order valence-corrected chi connectivity index (χ1v) is 6.15. The van der Waals surface area contributed by atoms with Crippen LogP contribution in [0.5, 0.6) is 11.5 Å². The third kappa shape index (κ3) is 5.06. The number of hydrogen-bond acceptors (Lipinski definition) is 5. The van der Waals surface area contributed by atoms with Gasteiger partial charge in [-0.15, -0.1) is 0 Å². The fourth-order valence-electron chi connectivity index (χ4n) is 1.36. The molecule has 1 aromatic rings. The van der Waals surface area contributed by atoms with Gasteiger partial charge in [-0.1, -0.05) is 0 Å². The van der Waals surface area contributed by atoms with E-state index in [0.29, 0.717) is 21.5 Å². The average molecular weight is 335 g/mol. The van der Waals surface area contributed by atoms with E-state index in [1.54, 1.807) is 12.1 Å². The van der Waals surface area contributed by atoms with E-state index in [4.69, 9.17) is 24.1 Å². The van der Waals surface area contributed by atoms with Gasteiger partial charge in [-0.25, -0.2) is 0 Å². The van der Waals surface area contributed by atoms with Crippen molar-refractivity contribution in [3.05, 3.63) is 22.2 Å². The van der Waals surface area contributed by atoms with Crippen LogP contribution in [0.25, 0.3) is 0 Å². The molecule has 1 N–H and O–H groups in total. The van der Waals surface area contributed by atoms with Gasteiger partial charge >= 0.3 is 5.97 Å². The monoisotopic (exact) mass is 334 g/mol. The summed E-state index contributed by atoms with van der Waals surface area (Å²) in [6.07, 6.45) is -0.145. The quantitative estimate of drug-likeness (QED) is 0.733. The molecular weight excluding hydrogens is 320 g/mol. The zero-order valence-corrected chi connectivity index (χ0v) is 12.2. The molecule has 0 aromatic heterocycles. The van der Waals surface area contributed by atoms with E-state index in [-0.39, 0.29) is 20.0 Å². The minimum absolute atomic E-state index is 0.0544. The van der Waals surface area contributed by atoms with E-state index in [0.717, 1.165) is 0 Å². The number of hydrogen-bond donors (Lipinski definition) is 1. The van der Waals surface area contributed by atoms with E-state index in [1.165, 1.54) is 14.2 Å². The SMILES string of the molecule is COCOc1cc(CC(=O)O)c(Br)c(OCOC)c1. The zero-order valence-electron chi connectivity index (χ0n) is 10.6. The molecule has 0 amide bonds. The highest BCUT2D eigenvalue weighted by Gasteiger charge is 2.13. The van der Waals surface area contributed by atoms with Crippen molar-refractivity contribution in [1.82, 2.24) is 0 Å². The third-order valence-electron chi connectivity index (χ3n) is 2.11. The second-order valence-electron chi connectivity index (χ2n) is 3.57. The van der Waals surface area contributed by atoms with E-state index >= 15 is 0 Å². The number of carboxylic acids is 1. The number of carbonyl (C=O) groups is 1. The Bertz CT molecular complexity index is 434. The molecule has 0 unspecified atom stereocenters. The summed E-state index contributed by atoms with van der Waals surface area (Å²) in [5.41, 5.74) is 0.548. The average Bonchev–Trinajstić information content (AvgIpc) is 2.37. The van der Waals surface area contributed by atoms with Crippen molar-refractivity contribution in [2.75, 3.05) is 27.8 Å². The Kier molecular flexibility index (Phi) is 6.61. The first-order chi connectivity index (χ1) is 9.08. The molecule has 0 radical (unpaired) electrons. The maximum absolute atomic E-state index is 10.8. The van der Waals surface area contributed by atoms with E-state index in [9.17, 15) is 4.79 Å². The third-order valence-corrected chi connectivity index (χ3v) is 3.01. The molecule has 19 heavy (non-hydrogen) atoms. The summed E-state index contributed by atoms with van der Waals surface area (Å²) in [6, 6.07) is 3.25. The molecule has 1 rings (SSSR count). The Morgan fingerprint density at radius 3 is 2.42 bits per heavy atom. The van der Waals surface area contributed by atoms with Crippen molar-refractivity contribution in [3.63, 3.8) is 0 Å². The van der Waals surface area contributed by atoms with Crippen molar-refractivity contribution in [1.29, 1.82) is 0 Å². The van der Waals surface area contributed by atoms with Crippen LogP contribution in [0.2, 0.25) is 0 Å². The summed E-state index contributed by atoms with van der Waals surface area (Å²) in [6.45, 7) is 0.122. The van der Waals surface area contributed by atoms with E-state index in [1.807, 2.05) is 0 Å². The topological polar surface area (TPSA) is 74.2 Å². The van der Waals surface area contributed by atoms with Crippen LogP contribution < -0.4 is 9.47 Å². The van der Waals surface area contributed by atoms with Crippen LogP contribution >= 0.6 is 15.9 Å². The van der Waals surface area contributed by atoms with Gasteiger partial charge in [-0.3, -0.25) is 4.79 Å². The lowest BCUT2D eigenvalue weighted by molar-refractivity contribution is -0.136. The molecule has 0 spiro atoms. The second kappa shape index (κ2) is 7.98. The van der Waals surface area contributed by atoms with Gasteiger partial charge in [0.25, 0.3) is 0 Å². The van der Waals surface area contributed by atoms with E-state index < -0.39 is 5.97 Å². The maximum Gasteiger partial charge on any atom is 0.307 e. The van der Waals surface area contributed by atoms with Crippen LogP contribution in [0.15, 0.2) is 16.6 Å². The molecule has 0 saturated carbocycles. The molecule has 1 aromatic carbocycles. The molecule has 0 bridgehead atoms. The number of benzene rings is 1. The molecule has 0 fully saturated rings. The molecule has 0 aliphatic heterocycles. The van der Waals surface area contributed by atoms with Crippen molar-refractivity contribution in [3.8, 4) is 11.5 Å². The summed E-state index contributed by atoms with van der Waals surface area (Å²) in [5.74, 6) is -0.0265. The standard InChI is InChI=1S/C12H15BrO6/c1-16-6-18-9-3-8(4-11(14)15)12(13)10(5-9)19-7-17-2/h3,5H,4,6-7H2,1-2H3,(H,14,15). The number of methoxy groups -OCH3 is 2. The van der Waals surface area contributed by atoms with Gasteiger partial charge in [-0.2, -0.15) is 0 Å². The van der Waals surface area contributed by atoms with Gasteiger partial charge in [0.1, 0.15) is 11.5 Å². The molecular formula is C12H15BrO6. The normalized spacial score (nSPS) is 10.3. The lowest BCUT2D eigenvalue weighted by Gasteiger charge is -2.13. The fraction of sp³-hybridized carbons (Fsp3) is 0.417. The predicted molar refractivity (Wildman–Crippen MR) is 70.5 cm³/mol. The molecule has 0 atom stereocenters. The van der Waals surface area contributed by atoms with Gasteiger partial charge in [-0.05, 0) is 27.6 Å². The molecule has 7 heteroatoms. The smallest absolute Gasteiger partial charge is 0.307 e. The van der Waals surface area contributed by atoms with Crippen molar-refractivity contribution >= 4 is 21.9 Å². The number of carboxylic acid groups (broad SMARTS) is 1.